The molecule has 3 heterocycles. The lowest BCUT2D eigenvalue weighted by atomic mass is 10.2. The Bertz CT molecular complexity index is 614. The van der Waals surface area contributed by atoms with Gasteiger partial charge in [-0.3, -0.25) is 0 Å². The molecular weight excluding hydrogens is 264 g/mol. The summed E-state index contributed by atoms with van der Waals surface area (Å²) in [4.78, 5) is 17.8. The molecule has 2 aromatic heterocycles. The van der Waals surface area contributed by atoms with E-state index in [4.69, 9.17) is 5.73 Å². The molecule has 0 atom stereocenters. The van der Waals surface area contributed by atoms with Gasteiger partial charge in [-0.05, 0) is 26.0 Å². The van der Waals surface area contributed by atoms with Crippen LogP contribution < -0.4 is 15.5 Å². The van der Waals surface area contributed by atoms with Crippen LogP contribution in [-0.4, -0.2) is 41.1 Å². The summed E-state index contributed by atoms with van der Waals surface area (Å²) in [6.07, 6.45) is 1.79. The Kier molecular flexibility index (Phi) is 3.60. The molecule has 1 aliphatic heterocycles. The molecule has 1 saturated heterocycles. The normalized spacial score (nSPS) is 15.3. The second kappa shape index (κ2) is 5.55. The number of aryl methyl sites for hydroxylation is 2. The molecule has 0 aliphatic carbocycles. The maximum atomic E-state index is 6.00. The Labute approximate surface area is 124 Å². The molecule has 1 aliphatic rings. The van der Waals surface area contributed by atoms with Crippen LogP contribution in [0.2, 0.25) is 0 Å². The van der Waals surface area contributed by atoms with E-state index in [0.717, 1.165) is 55.0 Å². The molecule has 0 amide bonds. The highest BCUT2D eigenvalue weighted by Crippen LogP contribution is 2.22. The third-order valence-electron chi connectivity index (χ3n) is 3.67. The van der Waals surface area contributed by atoms with E-state index in [-0.39, 0.29) is 0 Å². The molecule has 110 valence electrons. The lowest BCUT2D eigenvalue weighted by Gasteiger charge is -2.36. The number of pyridine rings is 1. The summed E-state index contributed by atoms with van der Waals surface area (Å²) < 4.78 is 0. The van der Waals surface area contributed by atoms with E-state index in [1.54, 1.807) is 6.20 Å². The topological polar surface area (TPSA) is 71.2 Å². The number of aromatic nitrogens is 3. The van der Waals surface area contributed by atoms with Gasteiger partial charge < -0.3 is 15.5 Å². The van der Waals surface area contributed by atoms with Crippen LogP contribution in [0.4, 0.5) is 17.3 Å². The van der Waals surface area contributed by atoms with Crippen molar-refractivity contribution in [2.24, 2.45) is 0 Å². The summed E-state index contributed by atoms with van der Waals surface area (Å²) in [6.45, 7) is 7.54. The fourth-order valence-corrected chi connectivity index (χ4v) is 2.68. The number of rotatable bonds is 2. The monoisotopic (exact) mass is 284 g/mol. The van der Waals surface area contributed by atoms with Gasteiger partial charge in [-0.15, -0.1) is 0 Å². The van der Waals surface area contributed by atoms with Gasteiger partial charge in [0.15, 0.2) is 5.82 Å². The Morgan fingerprint density at radius 1 is 1.05 bits per heavy atom. The minimum absolute atomic E-state index is 0.736. The first-order chi connectivity index (χ1) is 10.1. The highest BCUT2D eigenvalue weighted by Gasteiger charge is 2.20. The standard InChI is InChI=1S/C15H20N6/c1-11-10-14(19-12(2)18-11)20-6-8-21(9-7-20)15-13(16)4-3-5-17-15/h3-5,10H,6-9,16H2,1-2H3. The van der Waals surface area contributed by atoms with E-state index in [2.05, 4.69) is 24.8 Å². The summed E-state index contributed by atoms with van der Waals surface area (Å²) in [5.74, 6) is 2.71. The van der Waals surface area contributed by atoms with Gasteiger partial charge in [-0.1, -0.05) is 0 Å². The van der Waals surface area contributed by atoms with Gasteiger partial charge in [0.1, 0.15) is 11.6 Å². The van der Waals surface area contributed by atoms with E-state index >= 15 is 0 Å². The van der Waals surface area contributed by atoms with Crippen molar-refractivity contribution in [3.05, 3.63) is 35.9 Å². The number of hydrogen-bond acceptors (Lipinski definition) is 6. The molecule has 6 nitrogen and oxygen atoms in total. The van der Waals surface area contributed by atoms with Crippen LogP contribution in [0.15, 0.2) is 24.4 Å². The molecule has 2 N–H and O–H groups in total. The first kappa shape index (κ1) is 13.6. The predicted octanol–water partition coefficient (Wildman–Crippen LogP) is 1.40. The second-order valence-electron chi connectivity index (χ2n) is 5.31. The maximum absolute atomic E-state index is 6.00. The van der Waals surface area contributed by atoms with Crippen LogP contribution in [0, 0.1) is 13.8 Å². The van der Waals surface area contributed by atoms with Crippen molar-refractivity contribution in [2.45, 2.75) is 13.8 Å². The van der Waals surface area contributed by atoms with Crippen LogP contribution in [0.1, 0.15) is 11.5 Å². The fraction of sp³-hybridized carbons (Fsp3) is 0.400. The van der Waals surface area contributed by atoms with Crippen LogP contribution in [0.25, 0.3) is 0 Å². The van der Waals surface area contributed by atoms with Crippen molar-refractivity contribution in [1.29, 1.82) is 0 Å². The number of hydrogen-bond donors (Lipinski definition) is 1. The Morgan fingerprint density at radius 2 is 1.76 bits per heavy atom. The second-order valence-corrected chi connectivity index (χ2v) is 5.31. The summed E-state index contributed by atoms with van der Waals surface area (Å²) in [5, 5.41) is 0. The molecule has 0 unspecified atom stereocenters. The van der Waals surface area contributed by atoms with E-state index in [1.165, 1.54) is 0 Å². The molecule has 0 aromatic carbocycles. The summed E-state index contributed by atoms with van der Waals surface area (Å²) in [7, 11) is 0. The first-order valence-corrected chi connectivity index (χ1v) is 7.16. The van der Waals surface area contributed by atoms with E-state index in [1.807, 2.05) is 32.0 Å². The Balaban J connectivity index is 1.72. The minimum atomic E-state index is 0.736. The molecule has 1 fully saturated rings. The van der Waals surface area contributed by atoms with Crippen molar-refractivity contribution in [3.63, 3.8) is 0 Å². The molecular formula is C15H20N6. The smallest absolute Gasteiger partial charge is 0.151 e. The quantitative estimate of drug-likeness (QED) is 0.898. The summed E-state index contributed by atoms with van der Waals surface area (Å²) in [5.41, 5.74) is 7.74. The van der Waals surface area contributed by atoms with Gasteiger partial charge >= 0.3 is 0 Å². The largest absolute Gasteiger partial charge is 0.396 e. The third kappa shape index (κ3) is 2.89. The van der Waals surface area contributed by atoms with Crippen molar-refractivity contribution in [3.8, 4) is 0 Å². The van der Waals surface area contributed by atoms with Crippen LogP contribution in [-0.2, 0) is 0 Å². The van der Waals surface area contributed by atoms with Crippen LogP contribution in [0.5, 0.6) is 0 Å². The zero-order valence-corrected chi connectivity index (χ0v) is 12.5. The van der Waals surface area contributed by atoms with E-state index in [0.29, 0.717) is 0 Å². The predicted molar refractivity (Wildman–Crippen MR) is 84.6 cm³/mol. The Hall–Kier alpha value is -2.37. The van der Waals surface area contributed by atoms with Gasteiger partial charge in [-0.2, -0.15) is 0 Å². The van der Waals surface area contributed by atoms with Gasteiger partial charge in [-0.25, -0.2) is 15.0 Å². The number of anilines is 3. The van der Waals surface area contributed by atoms with Gasteiger partial charge in [0.2, 0.25) is 0 Å². The molecule has 0 bridgehead atoms. The highest BCUT2D eigenvalue weighted by molar-refractivity contribution is 5.62. The van der Waals surface area contributed by atoms with Crippen molar-refractivity contribution in [1.82, 2.24) is 15.0 Å². The van der Waals surface area contributed by atoms with Gasteiger partial charge in [0, 0.05) is 44.1 Å². The number of nitrogen functional groups attached to an aromatic ring is 1. The number of nitrogens with zero attached hydrogens (tertiary/aromatic N) is 5. The highest BCUT2D eigenvalue weighted by atomic mass is 15.3. The van der Waals surface area contributed by atoms with E-state index < -0.39 is 0 Å². The van der Waals surface area contributed by atoms with Crippen molar-refractivity contribution >= 4 is 17.3 Å². The minimum Gasteiger partial charge on any atom is -0.396 e. The molecule has 0 spiro atoms. The molecule has 2 aromatic rings. The van der Waals surface area contributed by atoms with Crippen LogP contribution in [0.3, 0.4) is 0 Å². The van der Waals surface area contributed by atoms with Gasteiger partial charge in [0.25, 0.3) is 0 Å². The lowest BCUT2D eigenvalue weighted by Crippen LogP contribution is -2.47. The summed E-state index contributed by atoms with van der Waals surface area (Å²) >= 11 is 0. The third-order valence-corrected chi connectivity index (χ3v) is 3.67. The lowest BCUT2D eigenvalue weighted by molar-refractivity contribution is 0.640. The fourth-order valence-electron chi connectivity index (χ4n) is 2.68. The van der Waals surface area contributed by atoms with E-state index in [9.17, 15) is 0 Å². The SMILES string of the molecule is Cc1cc(N2CCN(c3ncccc3N)CC2)nc(C)n1. The van der Waals surface area contributed by atoms with Crippen LogP contribution >= 0.6 is 0 Å². The first-order valence-electron chi connectivity index (χ1n) is 7.16. The molecule has 3 rings (SSSR count). The number of piperazine rings is 1. The summed E-state index contributed by atoms with van der Waals surface area (Å²) in [6, 6.07) is 5.80. The zero-order chi connectivity index (χ0) is 14.8. The molecule has 0 saturated carbocycles. The van der Waals surface area contributed by atoms with Crippen molar-refractivity contribution in [2.75, 3.05) is 41.7 Å². The molecule has 21 heavy (non-hydrogen) atoms. The zero-order valence-electron chi connectivity index (χ0n) is 12.5. The van der Waals surface area contributed by atoms with Gasteiger partial charge in [0.05, 0.1) is 5.69 Å². The average molecular weight is 284 g/mol. The maximum Gasteiger partial charge on any atom is 0.151 e. The average Bonchev–Trinajstić information content (AvgIpc) is 2.47. The van der Waals surface area contributed by atoms with Crippen molar-refractivity contribution < 1.29 is 0 Å². The Morgan fingerprint density at radius 3 is 2.43 bits per heavy atom. The molecule has 6 heteroatoms. The molecule has 0 radical (unpaired) electrons. The number of nitrogens with two attached hydrogens (primary N) is 1.